The van der Waals surface area contributed by atoms with Crippen molar-refractivity contribution in [2.75, 3.05) is 18.4 Å². The largest absolute Gasteiger partial charge is 0.454 e. The van der Waals surface area contributed by atoms with E-state index < -0.39 is 28.5 Å². The van der Waals surface area contributed by atoms with Gasteiger partial charge in [-0.2, -0.15) is 0 Å². The summed E-state index contributed by atoms with van der Waals surface area (Å²) in [4.78, 5) is 25.0. The Bertz CT molecular complexity index is 1620. The van der Waals surface area contributed by atoms with Crippen molar-refractivity contribution in [2.45, 2.75) is 32.2 Å². The fourth-order valence-electron chi connectivity index (χ4n) is 5.08. The maximum Gasteiger partial charge on any atom is 0.417 e. The Balaban J connectivity index is 1.13. The molecule has 1 fully saturated rings. The number of hydrogen-bond donors (Lipinski definition) is 1. The Morgan fingerprint density at radius 1 is 0.907 bits per heavy atom. The number of nitrogens with one attached hydrogen (secondary N) is 1. The van der Waals surface area contributed by atoms with E-state index in [0.717, 1.165) is 42.6 Å². The van der Waals surface area contributed by atoms with Gasteiger partial charge in [0.1, 0.15) is 11.5 Å². The molecule has 0 saturated carbocycles. The zero-order valence-corrected chi connectivity index (χ0v) is 23.2. The van der Waals surface area contributed by atoms with Crippen LogP contribution in [-0.2, 0) is 6.54 Å². The molecular weight excluding hydrogens is 563 g/mol. The van der Waals surface area contributed by atoms with Crippen molar-refractivity contribution in [1.29, 1.82) is 0 Å². The lowest BCUT2D eigenvalue weighted by atomic mass is 9.86. The number of halogens is 3. The van der Waals surface area contributed by atoms with Crippen molar-refractivity contribution in [3.63, 3.8) is 0 Å². The average Bonchev–Trinajstić information content (AvgIpc) is 2.98. The number of nitrogens with zero attached hydrogens (tertiary/aromatic N) is 2. The van der Waals surface area contributed by atoms with Crippen LogP contribution in [0.3, 0.4) is 0 Å². The van der Waals surface area contributed by atoms with Gasteiger partial charge in [-0.25, -0.2) is 18.0 Å². The third-order valence-electron chi connectivity index (χ3n) is 7.34. The highest BCUT2D eigenvalue weighted by molar-refractivity contribution is 5.86. The van der Waals surface area contributed by atoms with Crippen LogP contribution in [0.15, 0.2) is 78.9 Å². The summed E-state index contributed by atoms with van der Waals surface area (Å²) < 4.78 is 51.2. The second-order valence-electron chi connectivity index (χ2n) is 10.3. The molecule has 1 heterocycles. The van der Waals surface area contributed by atoms with Gasteiger partial charge in [0, 0.05) is 36.5 Å². The Labute approximate surface area is 245 Å². The Morgan fingerprint density at radius 3 is 2.23 bits per heavy atom. The molecule has 1 aliphatic rings. The molecule has 0 radical (unpaired) electrons. The number of likely N-dealkylation sites (tertiary alicyclic amines) is 1. The van der Waals surface area contributed by atoms with E-state index in [4.69, 9.17) is 9.47 Å². The molecule has 0 bridgehead atoms. The molecular formula is C32H28F3N3O5. The van der Waals surface area contributed by atoms with Crippen LogP contribution in [0.4, 0.5) is 29.3 Å². The van der Waals surface area contributed by atoms with Crippen LogP contribution < -0.4 is 14.8 Å². The zero-order valence-electron chi connectivity index (χ0n) is 23.2. The number of carbonyl (C=O) groups is 1. The maximum atomic E-state index is 13.9. The summed E-state index contributed by atoms with van der Waals surface area (Å²) in [5, 5.41) is 13.5. The summed E-state index contributed by atoms with van der Waals surface area (Å²) in [6.07, 6.45) is 1.16. The molecule has 0 aliphatic carbocycles. The number of benzene rings is 4. The van der Waals surface area contributed by atoms with Crippen molar-refractivity contribution in [1.82, 2.24) is 4.90 Å². The number of rotatable bonds is 8. The number of carbonyl (C=O) groups excluding carboxylic acids is 1. The van der Waals surface area contributed by atoms with Gasteiger partial charge in [-0.3, -0.25) is 20.3 Å². The van der Waals surface area contributed by atoms with Crippen LogP contribution in [0.25, 0.3) is 0 Å². The van der Waals surface area contributed by atoms with Gasteiger partial charge in [-0.15, -0.1) is 0 Å². The molecule has 0 atom stereocenters. The molecule has 0 aromatic heterocycles. The molecule has 5 rings (SSSR count). The van der Waals surface area contributed by atoms with Gasteiger partial charge in [-0.05, 0) is 91.9 Å². The average molecular weight is 592 g/mol. The molecule has 222 valence electrons. The molecule has 8 nitrogen and oxygen atoms in total. The molecule has 0 spiro atoms. The normalized spacial score (nSPS) is 13.9. The first-order chi connectivity index (χ1) is 20.6. The van der Waals surface area contributed by atoms with E-state index in [9.17, 15) is 28.1 Å². The van der Waals surface area contributed by atoms with Crippen LogP contribution in [-0.4, -0.2) is 29.0 Å². The van der Waals surface area contributed by atoms with Gasteiger partial charge in [-0.1, -0.05) is 18.2 Å². The van der Waals surface area contributed by atoms with Crippen LogP contribution >= 0.6 is 0 Å². The van der Waals surface area contributed by atoms with Crippen molar-refractivity contribution < 1.29 is 32.4 Å². The van der Waals surface area contributed by atoms with E-state index in [1.807, 2.05) is 31.2 Å². The van der Waals surface area contributed by atoms with Gasteiger partial charge >= 0.3 is 6.09 Å². The zero-order chi connectivity index (χ0) is 30.5. The number of ether oxygens (including phenoxy) is 2. The van der Waals surface area contributed by atoms with Gasteiger partial charge in [0.2, 0.25) is 0 Å². The minimum Gasteiger partial charge on any atom is -0.454 e. The summed E-state index contributed by atoms with van der Waals surface area (Å²) in [5.41, 5.74) is 3.81. The number of non-ortho nitro benzene ring substituents is 1. The molecule has 1 amide bonds. The predicted octanol–water partition coefficient (Wildman–Crippen LogP) is 8.10. The van der Waals surface area contributed by atoms with Gasteiger partial charge < -0.3 is 9.47 Å². The SMILES string of the molecule is Cc1ccc(NC(=O)Oc2ccc([N+](=O)[O-])cc2)cc1C1CCN(Cc2ccc(Oc3cc(F)c(F)cc3F)cc2)CC1. The molecule has 1 aliphatic heterocycles. The van der Waals surface area contributed by atoms with E-state index in [0.29, 0.717) is 36.0 Å². The molecule has 1 saturated heterocycles. The highest BCUT2D eigenvalue weighted by atomic mass is 19.2. The first-order valence-corrected chi connectivity index (χ1v) is 13.6. The van der Waals surface area contributed by atoms with E-state index in [-0.39, 0.29) is 17.2 Å². The van der Waals surface area contributed by atoms with E-state index >= 15 is 0 Å². The van der Waals surface area contributed by atoms with Gasteiger partial charge in [0.15, 0.2) is 23.2 Å². The van der Waals surface area contributed by atoms with Crippen molar-refractivity contribution in [3.8, 4) is 17.2 Å². The molecule has 11 heteroatoms. The molecule has 43 heavy (non-hydrogen) atoms. The topological polar surface area (TPSA) is 93.9 Å². The van der Waals surface area contributed by atoms with E-state index in [1.54, 1.807) is 18.2 Å². The maximum absolute atomic E-state index is 13.9. The highest BCUT2D eigenvalue weighted by Gasteiger charge is 2.23. The number of piperidine rings is 1. The fraction of sp³-hybridized carbons (Fsp3) is 0.219. The summed E-state index contributed by atoms with van der Waals surface area (Å²) in [7, 11) is 0. The van der Waals surface area contributed by atoms with Crippen LogP contribution in [0.2, 0.25) is 0 Å². The van der Waals surface area contributed by atoms with E-state index in [2.05, 4.69) is 10.2 Å². The second kappa shape index (κ2) is 13.0. The van der Waals surface area contributed by atoms with Crippen molar-refractivity contribution >= 4 is 17.5 Å². The summed E-state index contributed by atoms with van der Waals surface area (Å²) in [6.45, 7) is 4.47. The van der Waals surface area contributed by atoms with Crippen molar-refractivity contribution in [3.05, 3.63) is 123 Å². The molecule has 4 aromatic rings. The summed E-state index contributed by atoms with van der Waals surface area (Å²) >= 11 is 0. The lowest BCUT2D eigenvalue weighted by Crippen LogP contribution is -2.32. The van der Waals surface area contributed by atoms with Gasteiger partial charge in [0.25, 0.3) is 5.69 Å². The lowest BCUT2D eigenvalue weighted by Gasteiger charge is -2.33. The highest BCUT2D eigenvalue weighted by Crippen LogP contribution is 2.33. The molecule has 4 aromatic carbocycles. The smallest absolute Gasteiger partial charge is 0.417 e. The molecule has 1 N–H and O–H groups in total. The summed E-state index contributed by atoms with van der Waals surface area (Å²) in [5.74, 6) is -3.00. The first-order valence-electron chi connectivity index (χ1n) is 13.6. The molecule has 0 unspecified atom stereocenters. The fourth-order valence-corrected chi connectivity index (χ4v) is 5.08. The van der Waals surface area contributed by atoms with Crippen LogP contribution in [0, 0.1) is 34.5 Å². The van der Waals surface area contributed by atoms with Crippen LogP contribution in [0.5, 0.6) is 17.2 Å². The minimum atomic E-state index is -1.27. The van der Waals surface area contributed by atoms with E-state index in [1.165, 1.54) is 24.3 Å². The Hall–Kier alpha value is -4.90. The number of nitro benzene ring substituents is 1. The number of anilines is 1. The Morgan fingerprint density at radius 2 is 1.56 bits per heavy atom. The standard InChI is InChI=1S/C32H28F3N3O5/c1-20-2-5-23(36-32(39)43-26-10-6-24(7-11-26)38(40)41)16-27(20)22-12-14-37(15-13-22)19-21-3-8-25(9-4-21)42-31-18-29(34)28(33)17-30(31)35/h2-11,16-18,22H,12-15,19H2,1H3,(H,36,39). The number of amides is 1. The van der Waals surface area contributed by atoms with Gasteiger partial charge in [0.05, 0.1) is 4.92 Å². The third-order valence-corrected chi connectivity index (χ3v) is 7.34. The predicted molar refractivity (Wildman–Crippen MR) is 154 cm³/mol. The Kier molecular flexibility index (Phi) is 8.91. The second-order valence-corrected chi connectivity index (χ2v) is 10.3. The van der Waals surface area contributed by atoms with Crippen molar-refractivity contribution in [2.24, 2.45) is 0 Å². The third kappa shape index (κ3) is 7.49. The number of hydrogen-bond acceptors (Lipinski definition) is 6. The minimum absolute atomic E-state index is 0.0929. The lowest BCUT2D eigenvalue weighted by molar-refractivity contribution is -0.384. The summed E-state index contributed by atoms with van der Waals surface area (Å²) in [6, 6.07) is 19.2. The first kappa shape index (κ1) is 29.6. The quantitative estimate of drug-likeness (QED) is 0.126. The number of aryl methyl sites for hydroxylation is 1. The number of nitro groups is 1. The monoisotopic (exact) mass is 591 g/mol. The van der Waals surface area contributed by atoms with Crippen LogP contribution in [0.1, 0.15) is 35.4 Å².